The second-order valence-electron chi connectivity index (χ2n) is 9.32. The summed E-state index contributed by atoms with van der Waals surface area (Å²) in [5.74, 6) is 0. The molecule has 0 saturated carbocycles. The first-order valence-electron chi connectivity index (χ1n) is 11.2. The fourth-order valence-corrected chi connectivity index (χ4v) is 4.75. The third-order valence-corrected chi connectivity index (χ3v) is 7.48. The van der Waals surface area contributed by atoms with Gasteiger partial charge in [0.25, 0.3) is 0 Å². The second kappa shape index (κ2) is 11.0. The summed E-state index contributed by atoms with van der Waals surface area (Å²) >= 11 is 3.43. The highest BCUT2D eigenvalue weighted by Gasteiger charge is 2.31. The number of rotatable bonds is 7. The van der Waals surface area contributed by atoms with Gasteiger partial charge in [0.2, 0.25) is 0 Å². The standard InChI is InChI=1S/C25H30BrN3O6S/c1-25(2,3)35-23(30)28-16-19(21-12-11-20(26)15-22(21)28)13-14-29(36(32,33)27(4)5)24(31)34-17-18-9-7-6-8-10-18/h6-12,15-16H,13-14,17H2,1-5H3. The Morgan fingerprint density at radius 2 is 1.72 bits per heavy atom. The maximum atomic E-state index is 12.9. The van der Waals surface area contributed by atoms with Crippen LogP contribution >= 0.6 is 15.9 Å². The van der Waals surface area contributed by atoms with E-state index < -0.39 is 28.0 Å². The highest BCUT2D eigenvalue weighted by Crippen LogP contribution is 2.27. The molecule has 0 atom stereocenters. The van der Waals surface area contributed by atoms with Crippen LogP contribution in [0.15, 0.2) is 59.2 Å². The molecule has 36 heavy (non-hydrogen) atoms. The van der Waals surface area contributed by atoms with Gasteiger partial charge in [0, 0.05) is 36.7 Å². The van der Waals surface area contributed by atoms with Gasteiger partial charge < -0.3 is 9.47 Å². The first kappa shape index (κ1) is 27.7. The molecule has 0 unspecified atom stereocenters. The van der Waals surface area contributed by atoms with Gasteiger partial charge in [0.1, 0.15) is 12.2 Å². The van der Waals surface area contributed by atoms with Gasteiger partial charge in [-0.2, -0.15) is 17.0 Å². The summed E-state index contributed by atoms with van der Waals surface area (Å²) < 4.78 is 40.6. The van der Waals surface area contributed by atoms with Crippen LogP contribution in [0.5, 0.6) is 0 Å². The lowest BCUT2D eigenvalue weighted by atomic mass is 10.1. The van der Waals surface area contributed by atoms with Gasteiger partial charge >= 0.3 is 22.4 Å². The van der Waals surface area contributed by atoms with E-state index in [2.05, 4.69) is 15.9 Å². The molecule has 11 heteroatoms. The number of fused-ring (bicyclic) bond motifs is 1. The van der Waals surface area contributed by atoms with Crippen molar-refractivity contribution in [1.29, 1.82) is 0 Å². The monoisotopic (exact) mass is 579 g/mol. The lowest BCUT2D eigenvalue weighted by molar-refractivity contribution is 0.0544. The summed E-state index contributed by atoms with van der Waals surface area (Å²) in [6, 6.07) is 14.4. The smallest absolute Gasteiger partial charge is 0.424 e. The third kappa shape index (κ3) is 6.65. The van der Waals surface area contributed by atoms with Crippen LogP contribution in [0, 0.1) is 0 Å². The lowest BCUT2D eigenvalue weighted by Crippen LogP contribution is -2.45. The summed E-state index contributed by atoms with van der Waals surface area (Å²) in [7, 11) is -1.43. The number of aromatic nitrogens is 1. The third-order valence-electron chi connectivity index (χ3n) is 5.17. The van der Waals surface area contributed by atoms with Gasteiger partial charge in [-0.3, -0.25) is 4.57 Å². The van der Waals surface area contributed by atoms with Gasteiger partial charge in [-0.05, 0) is 50.5 Å². The average molecular weight is 581 g/mol. The number of hydrogen-bond acceptors (Lipinski definition) is 6. The predicted octanol–water partition coefficient (Wildman–Crippen LogP) is 5.17. The molecule has 0 bridgehead atoms. The Hall–Kier alpha value is -2.89. The van der Waals surface area contributed by atoms with E-state index in [0.29, 0.717) is 15.4 Å². The quantitative estimate of drug-likeness (QED) is 0.382. The Kier molecular flexibility index (Phi) is 8.48. The molecule has 2 aromatic carbocycles. The molecule has 0 aliphatic heterocycles. The van der Waals surface area contributed by atoms with Crippen LogP contribution in [0.25, 0.3) is 10.9 Å². The van der Waals surface area contributed by atoms with Gasteiger partial charge in [0.15, 0.2) is 0 Å². The van der Waals surface area contributed by atoms with Crippen molar-refractivity contribution in [3.05, 3.63) is 70.3 Å². The van der Waals surface area contributed by atoms with E-state index >= 15 is 0 Å². The Labute approximate surface area is 219 Å². The molecule has 3 aromatic rings. The van der Waals surface area contributed by atoms with Gasteiger partial charge in [-0.25, -0.2) is 9.59 Å². The van der Waals surface area contributed by atoms with E-state index in [1.165, 1.54) is 18.7 Å². The minimum absolute atomic E-state index is 0.0644. The zero-order valence-electron chi connectivity index (χ0n) is 20.9. The minimum Gasteiger partial charge on any atom is -0.444 e. The van der Waals surface area contributed by atoms with Gasteiger partial charge in [0.05, 0.1) is 5.52 Å². The van der Waals surface area contributed by atoms with E-state index in [0.717, 1.165) is 19.7 Å². The second-order valence-corrected chi connectivity index (χ2v) is 12.3. The van der Waals surface area contributed by atoms with Crippen molar-refractivity contribution >= 4 is 49.2 Å². The van der Waals surface area contributed by atoms with Crippen molar-refractivity contribution in [2.75, 3.05) is 20.6 Å². The maximum Gasteiger partial charge on any atom is 0.424 e. The van der Waals surface area contributed by atoms with E-state index in [1.54, 1.807) is 57.3 Å². The molecule has 9 nitrogen and oxygen atoms in total. The Bertz CT molecular complexity index is 1350. The molecular weight excluding hydrogens is 550 g/mol. The van der Waals surface area contributed by atoms with Crippen LogP contribution in [0.2, 0.25) is 0 Å². The topological polar surface area (TPSA) is 98.2 Å². The molecule has 1 amide bonds. The summed E-state index contributed by atoms with van der Waals surface area (Å²) in [5, 5.41) is 0.740. The number of carbonyl (C=O) groups excluding carboxylic acids is 2. The van der Waals surface area contributed by atoms with E-state index in [9.17, 15) is 18.0 Å². The van der Waals surface area contributed by atoms with E-state index in [4.69, 9.17) is 9.47 Å². The van der Waals surface area contributed by atoms with Crippen molar-refractivity contribution in [3.63, 3.8) is 0 Å². The molecule has 1 heterocycles. The number of benzene rings is 2. The molecule has 0 fully saturated rings. The van der Waals surface area contributed by atoms with Gasteiger partial charge in [-0.15, -0.1) is 0 Å². The molecule has 0 aliphatic rings. The summed E-state index contributed by atoms with van der Waals surface area (Å²) in [6.45, 7) is 5.08. The Balaban J connectivity index is 1.89. The van der Waals surface area contributed by atoms with Crippen LogP contribution in [-0.2, 0) is 32.7 Å². The van der Waals surface area contributed by atoms with Crippen LogP contribution in [0.1, 0.15) is 31.9 Å². The number of nitrogens with zero attached hydrogens (tertiary/aromatic N) is 3. The number of carbonyl (C=O) groups is 2. The SMILES string of the molecule is CN(C)S(=O)(=O)N(CCc1cn(C(=O)OC(C)(C)C)c2cc(Br)ccc12)C(=O)OCc1ccccc1. The Morgan fingerprint density at radius 1 is 1.06 bits per heavy atom. The molecule has 1 aromatic heterocycles. The fraction of sp³-hybridized carbons (Fsp3) is 0.360. The van der Waals surface area contributed by atoms with Crippen LogP contribution in [-0.4, -0.2) is 60.0 Å². The molecular formula is C25H30BrN3O6S. The number of ether oxygens (including phenoxy) is 2. The molecule has 0 saturated heterocycles. The molecule has 0 N–H and O–H groups in total. The minimum atomic E-state index is -4.12. The van der Waals surface area contributed by atoms with E-state index in [1.807, 2.05) is 18.2 Å². The Morgan fingerprint density at radius 3 is 2.33 bits per heavy atom. The van der Waals surface area contributed by atoms with Crippen molar-refractivity contribution in [2.24, 2.45) is 0 Å². The first-order chi connectivity index (χ1) is 16.8. The average Bonchev–Trinajstić information content (AvgIpc) is 3.15. The summed E-state index contributed by atoms with van der Waals surface area (Å²) in [5.41, 5.74) is 1.32. The molecule has 194 valence electrons. The van der Waals surface area contributed by atoms with Crippen LogP contribution in [0.3, 0.4) is 0 Å². The molecule has 0 spiro atoms. The lowest BCUT2D eigenvalue weighted by Gasteiger charge is -2.25. The summed E-state index contributed by atoms with van der Waals surface area (Å²) in [6.07, 6.45) is 0.227. The molecule has 3 rings (SSSR count). The normalized spacial score (nSPS) is 12.1. The van der Waals surface area contributed by atoms with Crippen molar-refractivity contribution in [3.8, 4) is 0 Å². The highest BCUT2D eigenvalue weighted by molar-refractivity contribution is 9.10. The van der Waals surface area contributed by atoms with Crippen LogP contribution in [0.4, 0.5) is 9.59 Å². The molecule has 0 radical (unpaired) electrons. The van der Waals surface area contributed by atoms with Crippen LogP contribution < -0.4 is 0 Å². The predicted molar refractivity (Wildman–Crippen MR) is 141 cm³/mol. The van der Waals surface area contributed by atoms with E-state index in [-0.39, 0.29) is 19.6 Å². The van der Waals surface area contributed by atoms with Crippen molar-refractivity contribution < 1.29 is 27.5 Å². The molecule has 0 aliphatic carbocycles. The number of halogens is 1. The first-order valence-corrected chi connectivity index (χ1v) is 13.4. The zero-order chi connectivity index (χ0) is 26.7. The summed E-state index contributed by atoms with van der Waals surface area (Å²) in [4.78, 5) is 25.7. The maximum absolute atomic E-state index is 12.9. The van der Waals surface area contributed by atoms with Crippen molar-refractivity contribution in [2.45, 2.75) is 39.4 Å². The number of amides is 1. The number of hydrogen-bond donors (Lipinski definition) is 0. The largest absolute Gasteiger partial charge is 0.444 e. The fourth-order valence-electron chi connectivity index (χ4n) is 3.44. The van der Waals surface area contributed by atoms with Gasteiger partial charge in [-0.1, -0.05) is 52.3 Å². The zero-order valence-corrected chi connectivity index (χ0v) is 23.3. The van der Waals surface area contributed by atoms with Crippen molar-refractivity contribution in [1.82, 2.24) is 13.2 Å². The highest BCUT2D eigenvalue weighted by atomic mass is 79.9.